The van der Waals surface area contributed by atoms with E-state index in [4.69, 9.17) is 34.8 Å². The van der Waals surface area contributed by atoms with Crippen LogP contribution in [0, 0.1) is 0 Å². The Morgan fingerprint density at radius 2 is 1.86 bits per heavy atom. The number of carboxylic acids is 1. The van der Waals surface area contributed by atoms with E-state index in [1.54, 1.807) is 30.3 Å². The molecule has 6 heteroatoms. The average Bonchev–Trinajstić information content (AvgIpc) is 2.41. The van der Waals surface area contributed by atoms with Gasteiger partial charge in [-0.2, -0.15) is 0 Å². The molecule has 0 heterocycles. The van der Waals surface area contributed by atoms with Crippen LogP contribution in [-0.4, -0.2) is 17.6 Å². The number of hydrogen-bond donors (Lipinski definition) is 2. The molecule has 3 nitrogen and oxygen atoms in total. The molecule has 0 aliphatic carbocycles. The van der Waals surface area contributed by atoms with Crippen LogP contribution in [0.5, 0.6) is 0 Å². The van der Waals surface area contributed by atoms with E-state index in [2.05, 4.69) is 5.32 Å². The third kappa shape index (κ3) is 4.03. The number of nitrogens with one attached hydrogen (secondary N) is 1. The minimum atomic E-state index is -1.06. The lowest BCUT2D eigenvalue weighted by Gasteiger charge is -2.11. The normalized spacial score (nSPS) is 10.4. The fourth-order valence-corrected chi connectivity index (χ4v) is 2.70. The summed E-state index contributed by atoms with van der Waals surface area (Å²) in [6, 6.07) is 10.2. The number of benzene rings is 2. The maximum atomic E-state index is 11.2. The van der Waals surface area contributed by atoms with E-state index in [0.29, 0.717) is 28.7 Å². The average molecular weight is 345 g/mol. The Labute approximate surface area is 137 Å². The summed E-state index contributed by atoms with van der Waals surface area (Å²) in [5, 5.41) is 13.6. The van der Waals surface area contributed by atoms with Gasteiger partial charge in [-0.05, 0) is 36.2 Å². The number of carboxylic acid groups (broad SMARTS) is 1. The van der Waals surface area contributed by atoms with Gasteiger partial charge in [-0.3, -0.25) is 0 Å². The first-order valence-corrected chi connectivity index (χ1v) is 7.32. The molecule has 0 fully saturated rings. The van der Waals surface area contributed by atoms with Gasteiger partial charge in [-0.15, -0.1) is 0 Å². The van der Waals surface area contributed by atoms with Crippen molar-refractivity contribution in [2.24, 2.45) is 0 Å². The van der Waals surface area contributed by atoms with Gasteiger partial charge in [-0.1, -0.05) is 46.9 Å². The smallest absolute Gasteiger partial charge is 0.339 e. The summed E-state index contributed by atoms with van der Waals surface area (Å²) < 4.78 is 0. The predicted octanol–water partition coefficient (Wildman–Crippen LogP) is 5.00. The van der Waals surface area contributed by atoms with E-state index in [-0.39, 0.29) is 10.6 Å². The molecule has 0 aromatic heterocycles. The summed E-state index contributed by atoms with van der Waals surface area (Å²) in [4.78, 5) is 11.2. The van der Waals surface area contributed by atoms with E-state index in [1.165, 1.54) is 0 Å². The van der Waals surface area contributed by atoms with Crippen molar-refractivity contribution >= 4 is 46.5 Å². The van der Waals surface area contributed by atoms with Crippen molar-refractivity contribution in [1.82, 2.24) is 0 Å². The number of aromatic carboxylic acids is 1. The van der Waals surface area contributed by atoms with Gasteiger partial charge in [0, 0.05) is 16.6 Å². The monoisotopic (exact) mass is 343 g/mol. The van der Waals surface area contributed by atoms with Crippen molar-refractivity contribution in [2.45, 2.75) is 6.42 Å². The van der Waals surface area contributed by atoms with Crippen LogP contribution in [0.2, 0.25) is 15.1 Å². The molecule has 0 saturated carbocycles. The van der Waals surface area contributed by atoms with Crippen LogP contribution in [0.4, 0.5) is 5.69 Å². The van der Waals surface area contributed by atoms with Crippen LogP contribution in [0.3, 0.4) is 0 Å². The molecule has 0 aliphatic heterocycles. The number of halogens is 3. The number of hydrogen-bond acceptors (Lipinski definition) is 2. The highest BCUT2D eigenvalue weighted by Gasteiger charge is 2.13. The Hall–Kier alpha value is -1.42. The van der Waals surface area contributed by atoms with Crippen molar-refractivity contribution in [3.05, 3.63) is 62.6 Å². The summed E-state index contributed by atoms with van der Waals surface area (Å²) in [6.07, 6.45) is 0.640. The van der Waals surface area contributed by atoms with Crippen LogP contribution in [0.1, 0.15) is 15.9 Å². The third-order valence-corrected chi connectivity index (χ3v) is 3.85. The van der Waals surface area contributed by atoms with E-state index in [0.717, 1.165) is 5.56 Å². The molecular weight excluding hydrogens is 333 g/mol. The van der Waals surface area contributed by atoms with E-state index in [1.807, 2.05) is 6.07 Å². The fraction of sp³-hybridized carbons (Fsp3) is 0.133. The number of anilines is 1. The van der Waals surface area contributed by atoms with Gasteiger partial charge in [0.05, 0.1) is 10.7 Å². The Balaban J connectivity index is 2.07. The molecule has 2 aromatic carbocycles. The standard InChI is InChI=1S/C15H12Cl3NO2/c16-10-5-4-9(12(18)8-10)6-7-19-13-3-1-2-11(17)14(13)15(20)21/h1-5,8,19H,6-7H2,(H,20,21). The molecule has 0 amide bonds. The maximum absolute atomic E-state index is 11.2. The second-order valence-corrected chi connectivity index (χ2v) is 5.63. The zero-order valence-corrected chi connectivity index (χ0v) is 13.1. The summed E-state index contributed by atoms with van der Waals surface area (Å²) in [7, 11) is 0. The van der Waals surface area contributed by atoms with Crippen LogP contribution in [0.25, 0.3) is 0 Å². The molecular formula is C15H12Cl3NO2. The minimum absolute atomic E-state index is 0.0707. The van der Waals surface area contributed by atoms with Gasteiger partial charge in [-0.25, -0.2) is 4.79 Å². The number of rotatable bonds is 5. The second-order valence-electron chi connectivity index (χ2n) is 4.38. The molecule has 0 aliphatic rings. The van der Waals surface area contributed by atoms with Crippen LogP contribution in [-0.2, 0) is 6.42 Å². The predicted molar refractivity (Wildman–Crippen MR) is 87.1 cm³/mol. The van der Waals surface area contributed by atoms with Crippen molar-refractivity contribution < 1.29 is 9.90 Å². The summed E-state index contributed by atoms with van der Waals surface area (Å²) in [5.41, 5.74) is 1.49. The van der Waals surface area contributed by atoms with Crippen molar-refractivity contribution in [2.75, 3.05) is 11.9 Å². The molecule has 2 aromatic rings. The summed E-state index contributed by atoms with van der Waals surface area (Å²) in [5.74, 6) is -1.06. The molecule has 0 saturated heterocycles. The van der Waals surface area contributed by atoms with Crippen molar-refractivity contribution in [1.29, 1.82) is 0 Å². The van der Waals surface area contributed by atoms with Crippen LogP contribution < -0.4 is 5.32 Å². The Kier molecular flexibility index (Phi) is 5.34. The molecule has 0 unspecified atom stereocenters. The maximum Gasteiger partial charge on any atom is 0.339 e. The Morgan fingerprint density at radius 3 is 2.52 bits per heavy atom. The molecule has 2 N–H and O–H groups in total. The zero-order chi connectivity index (χ0) is 15.4. The highest BCUT2D eigenvalue weighted by molar-refractivity contribution is 6.35. The number of carbonyl (C=O) groups is 1. The highest BCUT2D eigenvalue weighted by atomic mass is 35.5. The first kappa shape index (κ1) is 16.0. The van der Waals surface area contributed by atoms with E-state index < -0.39 is 5.97 Å². The highest BCUT2D eigenvalue weighted by Crippen LogP contribution is 2.25. The summed E-state index contributed by atoms with van der Waals surface area (Å²) >= 11 is 17.8. The lowest BCUT2D eigenvalue weighted by atomic mass is 10.1. The van der Waals surface area contributed by atoms with Gasteiger partial charge in [0.15, 0.2) is 0 Å². The topological polar surface area (TPSA) is 49.3 Å². The Morgan fingerprint density at radius 1 is 1.10 bits per heavy atom. The first-order valence-electron chi connectivity index (χ1n) is 6.18. The molecule has 2 rings (SSSR count). The molecule has 0 spiro atoms. The van der Waals surface area contributed by atoms with Crippen molar-refractivity contribution in [3.8, 4) is 0 Å². The van der Waals surface area contributed by atoms with Gasteiger partial charge >= 0.3 is 5.97 Å². The quantitative estimate of drug-likeness (QED) is 0.802. The van der Waals surface area contributed by atoms with Crippen molar-refractivity contribution in [3.63, 3.8) is 0 Å². The van der Waals surface area contributed by atoms with Gasteiger partial charge in [0.1, 0.15) is 5.56 Å². The van der Waals surface area contributed by atoms with E-state index >= 15 is 0 Å². The Bertz CT molecular complexity index is 674. The first-order chi connectivity index (χ1) is 9.99. The molecule has 21 heavy (non-hydrogen) atoms. The zero-order valence-electron chi connectivity index (χ0n) is 10.9. The SMILES string of the molecule is O=C(O)c1c(Cl)cccc1NCCc1ccc(Cl)cc1Cl. The van der Waals surface area contributed by atoms with Gasteiger partial charge in [0.25, 0.3) is 0 Å². The molecule has 0 atom stereocenters. The largest absolute Gasteiger partial charge is 0.478 e. The minimum Gasteiger partial charge on any atom is -0.478 e. The lowest BCUT2D eigenvalue weighted by molar-refractivity contribution is 0.0698. The van der Waals surface area contributed by atoms with Gasteiger partial charge < -0.3 is 10.4 Å². The second kappa shape index (κ2) is 7.03. The third-order valence-electron chi connectivity index (χ3n) is 2.95. The molecule has 110 valence electrons. The molecule has 0 bridgehead atoms. The fourth-order valence-electron chi connectivity index (χ4n) is 1.95. The summed E-state index contributed by atoms with van der Waals surface area (Å²) in [6.45, 7) is 0.530. The van der Waals surface area contributed by atoms with Crippen LogP contribution >= 0.6 is 34.8 Å². The molecule has 0 radical (unpaired) electrons. The van der Waals surface area contributed by atoms with Gasteiger partial charge in [0.2, 0.25) is 0 Å². The van der Waals surface area contributed by atoms with E-state index in [9.17, 15) is 9.90 Å². The lowest BCUT2D eigenvalue weighted by Crippen LogP contribution is -2.10. The van der Waals surface area contributed by atoms with Crippen LogP contribution in [0.15, 0.2) is 36.4 Å².